The summed E-state index contributed by atoms with van der Waals surface area (Å²) in [5.74, 6) is 0.973. The monoisotopic (exact) mass is 232 g/mol. The van der Waals surface area contributed by atoms with E-state index in [0.717, 1.165) is 12.5 Å². The van der Waals surface area contributed by atoms with Gasteiger partial charge >= 0.3 is 0 Å². The fraction of sp³-hybridized carbons (Fsp3) is 0.667. The molecule has 1 saturated carbocycles. The number of pyridine rings is 1. The normalized spacial score (nSPS) is 19.1. The molecular formula is C15H24N2. The number of nitrogens with one attached hydrogen (secondary N) is 1. The van der Waals surface area contributed by atoms with Gasteiger partial charge in [-0.3, -0.25) is 4.98 Å². The first-order chi connectivity index (χ1) is 8.36. The van der Waals surface area contributed by atoms with Gasteiger partial charge < -0.3 is 5.32 Å². The predicted molar refractivity (Wildman–Crippen MR) is 71.8 cm³/mol. The molecule has 1 atom stereocenters. The Hall–Kier alpha value is -0.890. The predicted octanol–water partition coefficient (Wildman–Crippen LogP) is 3.70. The van der Waals surface area contributed by atoms with Crippen LogP contribution in [0.15, 0.2) is 24.5 Å². The number of hydrogen-bond acceptors (Lipinski definition) is 2. The zero-order chi connectivity index (χ0) is 11.9. The molecule has 0 aliphatic heterocycles. The van der Waals surface area contributed by atoms with E-state index in [4.69, 9.17) is 0 Å². The summed E-state index contributed by atoms with van der Waals surface area (Å²) < 4.78 is 0. The lowest BCUT2D eigenvalue weighted by molar-refractivity contribution is 0.329. The van der Waals surface area contributed by atoms with Crippen molar-refractivity contribution in [3.05, 3.63) is 30.1 Å². The fourth-order valence-electron chi connectivity index (χ4n) is 2.75. The summed E-state index contributed by atoms with van der Waals surface area (Å²) >= 11 is 0. The van der Waals surface area contributed by atoms with Crippen molar-refractivity contribution in [3.63, 3.8) is 0 Å². The number of aromatic nitrogens is 1. The van der Waals surface area contributed by atoms with Crippen LogP contribution in [0.3, 0.4) is 0 Å². The average molecular weight is 232 g/mol. The lowest BCUT2D eigenvalue weighted by Crippen LogP contribution is -2.22. The molecule has 0 bridgehead atoms. The van der Waals surface area contributed by atoms with Crippen molar-refractivity contribution in [3.8, 4) is 0 Å². The van der Waals surface area contributed by atoms with Gasteiger partial charge in [0.15, 0.2) is 0 Å². The van der Waals surface area contributed by atoms with Gasteiger partial charge in [-0.15, -0.1) is 0 Å². The highest BCUT2D eigenvalue weighted by Gasteiger charge is 2.13. The zero-order valence-corrected chi connectivity index (χ0v) is 10.9. The molecule has 1 N–H and O–H groups in total. The summed E-state index contributed by atoms with van der Waals surface area (Å²) in [5, 5.41) is 3.62. The third-order valence-electron chi connectivity index (χ3n) is 3.93. The molecular weight excluding hydrogens is 208 g/mol. The molecule has 2 heteroatoms. The van der Waals surface area contributed by atoms with E-state index in [1.165, 1.54) is 44.1 Å². The first-order valence-electron chi connectivity index (χ1n) is 6.99. The minimum Gasteiger partial charge on any atom is -0.310 e. The summed E-state index contributed by atoms with van der Waals surface area (Å²) in [6.45, 7) is 3.38. The summed E-state index contributed by atoms with van der Waals surface area (Å²) in [6, 6.07) is 4.64. The Kier molecular flexibility index (Phi) is 4.99. The Balaban J connectivity index is 1.67. The molecule has 1 unspecified atom stereocenters. The van der Waals surface area contributed by atoms with E-state index >= 15 is 0 Å². The van der Waals surface area contributed by atoms with E-state index in [1.807, 2.05) is 12.4 Å². The third kappa shape index (κ3) is 4.12. The van der Waals surface area contributed by atoms with Crippen LogP contribution in [-0.2, 0) is 0 Å². The number of rotatable bonds is 5. The smallest absolute Gasteiger partial charge is 0.0292 e. The van der Waals surface area contributed by atoms with Crippen LogP contribution in [0.25, 0.3) is 0 Å². The SMILES string of the molecule is CC(NCCC1CCCCC1)c1ccncc1. The summed E-state index contributed by atoms with van der Waals surface area (Å²) in [5.41, 5.74) is 1.34. The average Bonchev–Trinajstić information content (AvgIpc) is 2.41. The molecule has 1 heterocycles. The van der Waals surface area contributed by atoms with Crippen LogP contribution < -0.4 is 5.32 Å². The maximum Gasteiger partial charge on any atom is 0.0292 e. The molecule has 0 aromatic carbocycles. The standard InChI is InChI=1S/C15H24N2/c1-13(15-8-10-16-11-9-15)17-12-7-14-5-3-2-4-6-14/h8-11,13-14,17H,2-7,12H2,1H3. The van der Waals surface area contributed by atoms with Gasteiger partial charge in [0.05, 0.1) is 0 Å². The highest BCUT2D eigenvalue weighted by Crippen LogP contribution is 2.26. The van der Waals surface area contributed by atoms with Gasteiger partial charge in [0.25, 0.3) is 0 Å². The molecule has 1 aromatic heterocycles. The van der Waals surface area contributed by atoms with Crippen molar-refractivity contribution in [2.24, 2.45) is 5.92 Å². The molecule has 0 saturated heterocycles. The Morgan fingerprint density at radius 2 is 1.94 bits per heavy atom. The molecule has 17 heavy (non-hydrogen) atoms. The lowest BCUT2D eigenvalue weighted by Gasteiger charge is -2.22. The number of hydrogen-bond donors (Lipinski definition) is 1. The summed E-state index contributed by atoms with van der Waals surface area (Å²) in [6.07, 6.45) is 12.3. The van der Waals surface area contributed by atoms with Crippen LogP contribution >= 0.6 is 0 Å². The van der Waals surface area contributed by atoms with Gasteiger partial charge in [0.1, 0.15) is 0 Å². The van der Waals surface area contributed by atoms with Crippen molar-refractivity contribution in [1.82, 2.24) is 10.3 Å². The van der Waals surface area contributed by atoms with E-state index < -0.39 is 0 Å². The van der Waals surface area contributed by atoms with E-state index in [0.29, 0.717) is 6.04 Å². The maximum atomic E-state index is 4.05. The van der Waals surface area contributed by atoms with Gasteiger partial charge in [0, 0.05) is 18.4 Å². The number of nitrogens with zero attached hydrogens (tertiary/aromatic N) is 1. The second-order valence-corrected chi connectivity index (χ2v) is 5.25. The highest BCUT2D eigenvalue weighted by molar-refractivity contribution is 5.13. The largest absolute Gasteiger partial charge is 0.310 e. The van der Waals surface area contributed by atoms with E-state index in [9.17, 15) is 0 Å². The second-order valence-electron chi connectivity index (χ2n) is 5.25. The van der Waals surface area contributed by atoms with Gasteiger partial charge in [0.2, 0.25) is 0 Å². The van der Waals surface area contributed by atoms with E-state index in [-0.39, 0.29) is 0 Å². The Labute approximate surface area is 105 Å². The van der Waals surface area contributed by atoms with Gasteiger partial charge in [-0.25, -0.2) is 0 Å². The maximum absolute atomic E-state index is 4.05. The van der Waals surface area contributed by atoms with Crippen molar-refractivity contribution >= 4 is 0 Å². The minimum atomic E-state index is 0.446. The molecule has 1 aliphatic rings. The van der Waals surface area contributed by atoms with Crippen molar-refractivity contribution < 1.29 is 0 Å². The molecule has 2 rings (SSSR count). The quantitative estimate of drug-likeness (QED) is 0.837. The molecule has 1 fully saturated rings. The van der Waals surface area contributed by atoms with Crippen LogP contribution in [-0.4, -0.2) is 11.5 Å². The minimum absolute atomic E-state index is 0.446. The summed E-state index contributed by atoms with van der Waals surface area (Å²) in [7, 11) is 0. The van der Waals surface area contributed by atoms with Crippen molar-refractivity contribution in [1.29, 1.82) is 0 Å². The van der Waals surface area contributed by atoms with Gasteiger partial charge in [-0.05, 0) is 43.5 Å². The molecule has 94 valence electrons. The van der Waals surface area contributed by atoms with Crippen LogP contribution in [0.2, 0.25) is 0 Å². The molecule has 1 aromatic rings. The van der Waals surface area contributed by atoms with Gasteiger partial charge in [-0.2, -0.15) is 0 Å². The Bertz CT molecular complexity index is 304. The third-order valence-corrected chi connectivity index (χ3v) is 3.93. The molecule has 1 aliphatic carbocycles. The Morgan fingerprint density at radius 3 is 2.65 bits per heavy atom. The molecule has 0 amide bonds. The summed E-state index contributed by atoms with van der Waals surface area (Å²) in [4.78, 5) is 4.05. The topological polar surface area (TPSA) is 24.9 Å². The van der Waals surface area contributed by atoms with Crippen LogP contribution in [0.4, 0.5) is 0 Å². The van der Waals surface area contributed by atoms with Crippen LogP contribution in [0, 0.1) is 5.92 Å². The molecule has 2 nitrogen and oxygen atoms in total. The first kappa shape index (κ1) is 12.6. The zero-order valence-electron chi connectivity index (χ0n) is 10.9. The molecule has 0 radical (unpaired) electrons. The van der Waals surface area contributed by atoms with E-state index in [2.05, 4.69) is 29.4 Å². The molecule has 0 spiro atoms. The van der Waals surface area contributed by atoms with Gasteiger partial charge in [-0.1, -0.05) is 32.1 Å². The van der Waals surface area contributed by atoms with Crippen LogP contribution in [0.5, 0.6) is 0 Å². The van der Waals surface area contributed by atoms with Crippen LogP contribution in [0.1, 0.15) is 57.1 Å². The Morgan fingerprint density at radius 1 is 1.24 bits per heavy atom. The van der Waals surface area contributed by atoms with E-state index in [1.54, 1.807) is 0 Å². The van der Waals surface area contributed by atoms with Crippen molar-refractivity contribution in [2.75, 3.05) is 6.54 Å². The first-order valence-corrected chi connectivity index (χ1v) is 6.99. The fourth-order valence-corrected chi connectivity index (χ4v) is 2.75. The lowest BCUT2D eigenvalue weighted by atomic mass is 9.87. The van der Waals surface area contributed by atoms with Crippen molar-refractivity contribution in [2.45, 2.75) is 51.5 Å². The second kappa shape index (κ2) is 6.75. The highest BCUT2D eigenvalue weighted by atomic mass is 14.9.